The molecule has 0 bridgehead atoms. The van der Waals surface area contributed by atoms with E-state index in [-0.39, 0.29) is 17.6 Å². The van der Waals surface area contributed by atoms with Crippen LogP contribution in [0.2, 0.25) is 0 Å². The highest BCUT2D eigenvalue weighted by Crippen LogP contribution is 2.37. The van der Waals surface area contributed by atoms with Gasteiger partial charge < -0.3 is 9.47 Å². The van der Waals surface area contributed by atoms with Crippen molar-refractivity contribution in [3.63, 3.8) is 0 Å². The van der Waals surface area contributed by atoms with Crippen molar-refractivity contribution in [3.8, 4) is 22.8 Å². The standard InChI is InChI=1S/C21H21BrN4O3/c1-13(2)29-20-16(22)9-14(10-18(20)28-3)12-23-26-21-24-17(11-19(27)25-21)15-7-5-4-6-8-15/h4-13H,1-3H3,(H2,24,25,26,27)/b23-12-. The summed E-state index contributed by atoms with van der Waals surface area (Å²) in [6.07, 6.45) is 1.61. The van der Waals surface area contributed by atoms with E-state index in [0.717, 1.165) is 15.6 Å². The van der Waals surface area contributed by atoms with Crippen LogP contribution in [0.25, 0.3) is 11.3 Å². The second kappa shape index (κ2) is 9.38. The number of H-pyrrole nitrogens is 1. The predicted molar refractivity (Wildman–Crippen MR) is 118 cm³/mol. The molecule has 0 aliphatic carbocycles. The molecule has 0 unspecified atom stereocenters. The molecule has 0 fully saturated rings. The van der Waals surface area contributed by atoms with Crippen molar-refractivity contribution in [2.24, 2.45) is 5.10 Å². The second-order valence-corrected chi connectivity index (χ2v) is 7.27. The van der Waals surface area contributed by atoms with E-state index in [1.165, 1.54) is 6.07 Å². The number of aromatic amines is 1. The zero-order chi connectivity index (χ0) is 20.8. The van der Waals surface area contributed by atoms with Gasteiger partial charge in [-0.2, -0.15) is 5.10 Å². The average molecular weight is 457 g/mol. The van der Waals surface area contributed by atoms with E-state index in [9.17, 15) is 4.79 Å². The Morgan fingerprint density at radius 2 is 1.97 bits per heavy atom. The lowest BCUT2D eigenvalue weighted by molar-refractivity contribution is 0.228. The van der Waals surface area contributed by atoms with Gasteiger partial charge in [-0.3, -0.25) is 9.78 Å². The van der Waals surface area contributed by atoms with Gasteiger partial charge in [0.25, 0.3) is 5.56 Å². The van der Waals surface area contributed by atoms with Crippen LogP contribution in [0, 0.1) is 0 Å². The Morgan fingerprint density at radius 1 is 1.21 bits per heavy atom. The van der Waals surface area contributed by atoms with Gasteiger partial charge in [0.15, 0.2) is 11.5 Å². The smallest absolute Gasteiger partial charge is 0.252 e. The van der Waals surface area contributed by atoms with E-state index in [2.05, 4.69) is 36.4 Å². The van der Waals surface area contributed by atoms with E-state index < -0.39 is 0 Å². The second-order valence-electron chi connectivity index (χ2n) is 6.42. The topological polar surface area (TPSA) is 88.6 Å². The van der Waals surface area contributed by atoms with Crippen LogP contribution in [0.4, 0.5) is 5.95 Å². The van der Waals surface area contributed by atoms with Crippen molar-refractivity contribution < 1.29 is 9.47 Å². The van der Waals surface area contributed by atoms with Gasteiger partial charge in [-0.25, -0.2) is 10.4 Å². The van der Waals surface area contributed by atoms with Crippen LogP contribution in [0.15, 0.2) is 62.9 Å². The van der Waals surface area contributed by atoms with Crippen LogP contribution in [-0.4, -0.2) is 29.4 Å². The highest BCUT2D eigenvalue weighted by Gasteiger charge is 2.12. The van der Waals surface area contributed by atoms with E-state index in [0.29, 0.717) is 17.2 Å². The molecule has 0 spiro atoms. The summed E-state index contributed by atoms with van der Waals surface area (Å²) >= 11 is 3.50. The minimum atomic E-state index is -0.267. The van der Waals surface area contributed by atoms with E-state index in [1.54, 1.807) is 13.3 Å². The Labute approximate surface area is 176 Å². The minimum absolute atomic E-state index is 0.0150. The van der Waals surface area contributed by atoms with Gasteiger partial charge in [-0.1, -0.05) is 30.3 Å². The lowest BCUT2D eigenvalue weighted by atomic mass is 10.1. The fourth-order valence-corrected chi connectivity index (χ4v) is 3.15. The zero-order valence-electron chi connectivity index (χ0n) is 16.3. The van der Waals surface area contributed by atoms with Gasteiger partial charge in [-0.05, 0) is 47.5 Å². The first-order valence-electron chi connectivity index (χ1n) is 8.96. The lowest BCUT2D eigenvalue weighted by Crippen LogP contribution is -2.10. The first-order chi connectivity index (χ1) is 14.0. The third-order valence-electron chi connectivity index (χ3n) is 3.80. The SMILES string of the molecule is COc1cc(/C=N\Nc2nc(-c3ccccc3)cc(=O)[nH]2)cc(Br)c1OC(C)C. The molecule has 0 saturated heterocycles. The van der Waals surface area contributed by atoms with E-state index >= 15 is 0 Å². The molecule has 0 saturated carbocycles. The number of rotatable bonds is 7. The largest absolute Gasteiger partial charge is 0.493 e. The third kappa shape index (κ3) is 5.45. The number of hydrazone groups is 1. The highest BCUT2D eigenvalue weighted by molar-refractivity contribution is 9.10. The van der Waals surface area contributed by atoms with Gasteiger partial charge in [-0.15, -0.1) is 0 Å². The number of nitrogens with one attached hydrogen (secondary N) is 2. The molecule has 29 heavy (non-hydrogen) atoms. The average Bonchev–Trinajstić information content (AvgIpc) is 2.70. The van der Waals surface area contributed by atoms with Gasteiger partial charge in [0.1, 0.15) is 0 Å². The molecule has 0 radical (unpaired) electrons. The number of anilines is 1. The van der Waals surface area contributed by atoms with Crippen LogP contribution in [0.5, 0.6) is 11.5 Å². The van der Waals surface area contributed by atoms with Crippen molar-refractivity contribution in [1.82, 2.24) is 9.97 Å². The Kier molecular flexibility index (Phi) is 6.66. The first-order valence-corrected chi connectivity index (χ1v) is 9.75. The van der Waals surface area contributed by atoms with Crippen LogP contribution in [0.1, 0.15) is 19.4 Å². The molecular weight excluding hydrogens is 436 g/mol. The Hall–Kier alpha value is -3.13. The Morgan fingerprint density at radius 3 is 2.66 bits per heavy atom. The van der Waals surface area contributed by atoms with Crippen molar-refractivity contribution in [3.05, 3.63) is 68.9 Å². The van der Waals surface area contributed by atoms with Crippen molar-refractivity contribution in [2.75, 3.05) is 12.5 Å². The normalized spacial score (nSPS) is 11.1. The third-order valence-corrected chi connectivity index (χ3v) is 4.39. The number of halogens is 1. The number of hydrogen-bond acceptors (Lipinski definition) is 6. The summed E-state index contributed by atoms with van der Waals surface area (Å²) in [6, 6.07) is 14.6. The summed E-state index contributed by atoms with van der Waals surface area (Å²) < 4.78 is 12.0. The maximum atomic E-state index is 11.9. The molecule has 0 aliphatic rings. The fourth-order valence-electron chi connectivity index (χ4n) is 2.60. The quantitative estimate of drug-likeness (QED) is 0.405. The molecule has 7 nitrogen and oxygen atoms in total. The van der Waals surface area contributed by atoms with Crippen LogP contribution in [0.3, 0.4) is 0 Å². The predicted octanol–water partition coefficient (Wildman–Crippen LogP) is 4.44. The fraction of sp³-hybridized carbons (Fsp3) is 0.190. The molecule has 150 valence electrons. The molecule has 8 heteroatoms. The van der Waals surface area contributed by atoms with Gasteiger partial charge in [0.2, 0.25) is 5.95 Å². The highest BCUT2D eigenvalue weighted by atomic mass is 79.9. The monoisotopic (exact) mass is 456 g/mol. The van der Waals surface area contributed by atoms with Crippen molar-refractivity contribution >= 4 is 28.1 Å². The van der Waals surface area contributed by atoms with Crippen LogP contribution in [-0.2, 0) is 0 Å². The van der Waals surface area contributed by atoms with Crippen molar-refractivity contribution in [1.29, 1.82) is 0 Å². The number of ether oxygens (including phenoxy) is 2. The molecule has 0 amide bonds. The van der Waals surface area contributed by atoms with Crippen LogP contribution < -0.4 is 20.5 Å². The summed E-state index contributed by atoms with van der Waals surface area (Å²) in [4.78, 5) is 19.0. The van der Waals surface area contributed by atoms with Gasteiger partial charge in [0.05, 0.1) is 29.6 Å². The zero-order valence-corrected chi connectivity index (χ0v) is 17.9. The molecule has 3 aromatic rings. The van der Waals surface area contributed by atoms with Gasteiger partial charge >= 0.3 is 0 Å². The Balaban J connectivity index is 1.80. The van der Waals surface area contributed by atoms with E-state index in [4.69, 9.17) is 9.47 Å². The number of hydrogen-bond donors (Lipinski definition) is 2. The lowest BCUT2D eigenvalue weighted by Gasteiger charge is -2.15. The Bertz CT molecular complexity index is 1070. The molecule has 1 heterocycles. The number of benzene rings is 2. The first kappa shape index (κ1) is 20.6. The summed E-state index contributed by atoms with van der Waals surface area (Å²) in [6.45, 7) is 3.89. The molecule has 3 rings (SSSR count). The number of nitrogens with zero attached hydrogens (tertiary/aromatic N) is 2. The number of methoxy groups -OCH3 is 1. The molecule has 2 N–H and O–H groups in total. The van der Waals surface area contributed by atoms with Gasteiger partial charge in [0, 0.05) is 11.6 Å². The number of aromatic nitrogens is 2. The molecule has 0 atom stereocenters. The van der Waals surface area contributed by atoms with E-state index in [1.807, 2.05) is 56.3 Å². The molecule has 2 aromatic carbocycles. The summed E-state index contributed by atoms with van der Waals surface area (Å²) in [7, 11) is 1.58. The van der Waals surface area contributed by atoms with Crippen LogP contribution >= 0.6 is 15.9 Å². The molecular formula is C21H21BrN4O3. The minimum Gasteiger partial charge on any atom is -0.493 e. The maximum absolute atomic E-state index is 11.9. The molecule has 1 aromatic heterocycles. The van der Waals surface area contributed by atoms with Crippen molar-refractivity contribution in [2.45, 2.75) is 20.0 Å². The summed E-state index contributed by atoms with van der Waals surface area (Å²) in [5.41, 5.74) is 4.68. The maximum Gasteiger partial charge on any atom is 0.252 e. The summed E-state index contributed by atoms with van der Waals surface area (Å²) in [5.74, 6) is 1.47. The molecule has 0 aliphatic heterocycles. The summed E-state index contributed by atoms with van der Waals surface area (Å²) in [5, 5.41) is 4.17.